The zero-order valence-corrected chi connectivity index (χ0v) is 20.7. The number of hydrogen-bond acceptors (Lipinski definition) is 2. The van der Waals surface area contributed by atoms with Crippen LogP contribution in [0.3, 0.4) is 0 Å². The van der Waals surface area contributed by atoms with Crippen molar-refractivity contribution in [3.63, 3.8) is 0 Å². The highest BCUT2D eigenvalue weighted by atomic mass is 79.9. The van der Waals surface area contributed by atoms with Gasteiger partial charge in [-0.2, -0.15) is 0 Å². The number of carbonyl (C=O) groups excluding carboxylic acids is 1. The van der Waals surface area contributed by atoms with Gasteiger partial charge in [-0.05, 0) is 12.8 Å². The highest BCUT2D eigenvalue weighted by Gasteiger charge is 2.06. The van der Waals surface area contributed by atoms with Crippen LogP contribution in [0.1, 0.15) is 123 Å². The smallest absolute Gasteiger partial charge is 0.234 e. The Labute approximate surface area is 186 Å². The predicted molar refractivity (Wildman–Crippen MR) is 130 cm³/mol. The molecule has 0 unspecified atom stereocenters. The largest absolute Gasteiger partial charge is 0.289 e. The van der Waals surface area contributed by atoms with E-state index in [1.165, 1.54) is 89.9 Å². The zero-order chi connectivity index (χ0) is 20.0. The van der Waals surface area contributed by atoms with Crippen molar-refractivity contribution in [1.29, 1.82) is 0 Å². The van der Waals surface area contributed by atoms with Crippen molar-refractivity contribution >= 4 is 22.9 Å². The molecule has 0 spiro atoms. The molecule has 0 saturated heterocycles. The van der Waals surface area contributed by atoms with Gasteiger partial charge in [-0.3, -0.25) is 10.2 Å². The second-order valence-electron chi connectivity index (χ2n) is 7.97. The molecule has 0 rings (SSSR count). The van der Waals surface area contributed by atoms with Gasteiger partial charge in [-0.15, -0.1) is 23.6 Å². The van der Waals surface area contributed by atoms with Gasteiger partial charge >= 0.3 is 0 Å². The molecule has 0 atom stereocenters. The fraction of sp³-hybridized carbons (Fsp3) is 0.875. The van der Waals surface area contributed by atoms with Gasteiger partial charge in [0.15, 0.2) is 0 Å². The Morgan fingerprint density at radius 3 is 1.57 bits per heavy atom. The van der Waals surface area contributed by atoms with Gasteiger partial charge in [-0.1, -0.05) is 110 Å². The molecule has 0 saturated carbocycles. The second kappa shape index (κ2) is 24.7. The normalized spacial score (nSPS) is 10.7. The van der Waals surface area contributed by atoms with Crippen LogP contribution in [0.25, 0.3) is 0 Å². The van der Waals surface area contributed by atoms with E-state index in [0.717, 1.165) is 25.9 Å². The lowest BCUT2D eigenvalue weighted by Gasteiger charge is -2.20. The van der Waals surface area contributed by atoms with E-state index in [9.17, 15) is 4.79 Å². The van der Waals surface area contributed by atoms with Crippen molar-refractivity contribution in [2.24, 2.45) is 0 Å². The first kappa shape index (κ1) is 29.8. The Hall–Kier alpha value is -0.350. The lowest BCUT2D eigenvalue weighted by Crippen LogP contribution is -2.42. The Bertz CT molecular complexity index is 337. The molecule has 0 radical (unpaired) electrons. The molecule has 0 aromatic heterocycles. The molecule has 4 heteroatoms. The van der Waals surface area contributed by atoms with E-state index in [4.69, 9.17) is 0 Å². The van der Waals surface area contributed by atoms with Crippen LogP contribution in [0.5, 0.6) is 0 Å². The Balaban J connectivity index is 0. The number of carbonyl (C=O) groups is 1. The van der Waals surface area contributed by atoms with Crippen molar-refractivity contribution in [3.05, 3.63) is 12.7 Å². The average Bonchev–Trinajstić information content (AvgIpc) is 2.65. The van der Waals surface area contributed by atoms with Crippen molar-refractivity contribution < 1.29 is 4.79 Å². The van der Waals surface area contributed by atoms with E-state index in [2.05, 4.69) is 25.9 Å². The van der Waals surface area contributed by atoms with Crippen molar-refractivity contribution in [1.82, 2.24) is 10.4 Å². The quantitative estimate of drug-likeness (QED) is 0.108. The summed E-state index contributed by atoms with van der Waals surface area (Å²) in [5.41, 5.74) is 2.99. The monoisotopic (exact) mass is 460 g/mol. The first-order chi connectivity index (χ1) is 13.2. The first-order valence-corrected chi connectivity index (χ1v) is 11.9. The molecule has 0 heterocycles. The predicted octanol–water partition coefficient (Wildman–Crippen LogP) is 7.76. The third kappa shape index (κ3) is 21.9. The molecule has 0 aromatic rings. The van der Waals surface area contributed by atoms with Gasteiger partial charge in [0, 0.05) is 19.5 Å². The molecule has 0 fully saturated rings. The highest BCUT2D eigenvalue weighted by Crippen LogP contribution is 2.13. The van der Waals surface area contributed by atoms with E-state index < -0.39 is 0 Å². The highest BCUT2D eigenvalue weighted by molar-refractivity contribution is 8.93. The van der Waals surface area contributed by atoms with Crippen LogP contribution in [-0.2, 0) is 4.79 Å². The van der Waals surface area contributed by atoms with Crippen LogP contribution in [-0.4, -0.2) is 24.0 Å². The maximum Gasteiger partial charge on any atom is 0.234 e. The van der Waals surface area contributed by atoms with Crippen LogP contribution < -0.4 is 5.43 Å². The van der Waals surface area contributed by atoms with E-state index in [-0.39, 0.29) is 22.9 Å². The summed E-state index contributed by atoms with van der Waals surface area (Å²) in [6.45, 7) is 9.75. The third-order valence-corrected chi connectivity index (χ3v) is 5.13. The van der Waals surface area contributed by atoms with Gasteiger partial charge in [0.1, 0.15) is 0 Å². The van der Waals surface area contributed by atoms with Gasteiger partial charge in [0.25, 0.3) is 0 Å². The minimum Gasteiger partial charge on any atom is -0.289 e. The van der Waals surface area contributed by atoms with Gasteiger partial charge in [0.05, 0.1) is 0 Å². The summed E-state index contributed by atoms with van der Waals surface area (Å²) in [6, 6.07) is 0. The summed E-state index contributed by atoms with van der Waals surface area (Å²) in [6.07, 6.45) is 23.9. The fourth-order valence-corrected chi connectivity index (χ4v) is 3.51. The summed E-state index contributed by atoms with van der Waals surface area (Å²) in [7, 11) is 0. The van der Waals surface area contributed by atoms with E-state index in [0.29, 0.717) is 6.42 Å². The van der Waals surface area contributed by atoms with E-state index in [1.54, 1.807) is 0 Å². The van der Waals surface area contributed by atoms with Crippen LogP contribution >= 0.6 is 17.0 Å². The number of unbranched alkanes of at least 4 members (excludes halogenated alkanes) is 14. The Morgan fingerprint density at radius 2 is 1.18 bits per heavy atom. The molecule has 3 nitrogen and oxygen atoms in total. The zero-order valence-electron chi connectivity index (χ0n) is 19.0. The summed E-state index contributed by atoms with van der Waals surface area (Å²) in [5, 5.41) is 1.96. The molecular weight excluding hydrogens is 412 g/mol. The van der Waals surface area contributed by atoms with E-state index >= 15 is 0 Å². The Kier molecular flexibility index (Phi) is 26.3. The molecule has 168 valence electrons. The molecule has 0 aliphatic rings. The van der Waals surface area contributed by atoms with Gasteiger partial charge in [0.2, 0.25) is 5.91 Å². The number of hydrogen-bond donors (Lipinski definition) is 1. The molecular formula is C24H49BrN2O. The first-order valence-electron chi connectivity index (χ1n) is 11.9. The molecule has 0 bridgehead atoms. The summed E-state index contributed by atoms with van der Waals surface area (Å²) < 4.78 is 0. The van der Waals surface area contributed by atoms with Crippen molar-refractivity contribution in [2.45, 2.75) is 123 Å². The van der Waals surface area contributed by atoms with E-state index in [1.807, 2.05) is 11.1 Å². The lowest BCUT2D eigenvalue weighted by molar-refractivity contribution is -0.125. The topological polar surface area (TPSA) is 32.3 Å². The maximum absolute atomic E-state index is 11.9. The average molecular weight is 462 g/mol. The number of hydrazine groups is 1. The maximum atomic E-state index is 11.9. The van der Waals surface area contributed by atoms with Gasteiger partial charge < -0.3 is 0 Å². The molecule has 28 heavy (non-hydrogen) atoms. The van der Waals surface area contributed by atoms with Crippen molar-refractivity contribution in [3.8, 4) is 0 Å². The third-order valence-electron chi connectivity index (χ3n) is 5.13. The number of halogens is 1. The van der Waals surface area contributed by atoms with Crippen LogP contribution in [0.2, 0.25) is 0 Å². The fourth-order valence-electron chi connectivity index (χ4n) is 3.51. The minimum atomic E-state index is 0. The standard InChI is InChI=1S/C24H48N2O.BrH/c1-4-7-8-9-10-11-12-13-14-15-16-17-18-19-20-21-24(27)25-26(22-5-2)23-6-3;/h5H,2,4,6-23H2,1,3H3,(H,25,27);1H. The molecule has 1 amide bonds. The van der Waals surface area contributed by atoms with Crippen molar-refractivity contribution in [2.75, 3.05) is 13.1 Å². The summed E-state index contributed by atoms with van der Waals surface area (Å²) in [4.78, 5) is 11.9. The Morgan fingerprint density at radius 1 is 0.750 bits per heavy atom. The molecule has 0 aromatic carbocycles. The van der Waals surface area contributed by atoms with Crippen LogP contribution in [0, 0.1) is 0 Å². The van der Waals surface area contributed by atoms with Crippen LogP contribution in [0.4, 0.5) is 0 Å². The summed E-state index contributed by atoms with van der Waals surface area (Å²) >= 11 is 0. The number of nitrogens with zero attached hydrogens (tertiary/aromatic N) is 1. The molecule has 1 N–H and O–H groups in total. The second-order valence-corrected chi connectivity index (χ2v) is 7.97. The van der Waals surface area contributed by atoms with Crippen LogP contribution in [0.15, 0.2) is 12.7 Å². The SMILES string of the molecule is Br.C=CCN(CCC)NC(=O)CCCCCCCCCCCCCCCCC. The number of nitrogens with one attached hydrogen (secondary N) is 1. The minimum absolute atomic E-state index is 0. The summed E-state index contributed by atoms with van der Waals surface area (Å²) in [5.74, 6) is 0.153. The lowest BCUT2D eigenvalue weighted by atomic mass is 10.0. The number of amides is 1. The molecule has 0 aliphatic heterocycles. The van der Waals surface area contributed by atoms with Gasteiger partial charge in [-0.25, -0.2) is 5.01 Å². The molecule has 0 aliphatic carbocycles. The number of rotatable bonds is 21.